The molecule has 18 heavy (non-hydrogen) atoms. The first-order valence-corrected chi connectivity index (χ1v) is 6.89. The van der Waals surface area contributed by atoms with Crippen LogP contribution in [0.4, 0.5) is 0 Å². The van der Waals surface area contributed by atoms with Crippen LogP contribution in [0.5, 0.6) is 0 Å². The fourth-order valence-corrected chi connectivity index (χ4v) is 2.07. The van der Waals surface area contributed by atoms with Crippen LogP contribution < -0.4 is 0 Å². The van der Waals surface area contributed by atoms with Crippen molar-refractivity contribution < 1.29 is 4.79 Å². The summed E-state index contributed by atoms with van der Waals surface area (Å²) in [6, 6.07) is 1.95. The zero-order valence-electron chi connectivity index (χ0n) is 12.2. The van der Waals surface area contributed by atoms with Crippen LogP contribution in [0.25, 0.3) is 0 Å². The molecule has 0 atom stereocenters. The molecule has 0 aliphatic rings. The minimum Gasteiger partial charge on any atom is -0.338 e. The van der Waals surface area contributed by atoms with Crippen LogP contribution in [0.2, 0.25) is 0 Å². The van der Waals surface area contributed by atoms with Gasteiger partial charge in [0.15, 0.2) is 0 Å². The van der Waals surface area contributed by atoms with E-state index in [9.17, 15) is 4.79 Å². The third kappa shape index (κ3) is 3.34. The Hall–Kier alpha value is -1.32. The third-order valence-corrected chi connectivity index (χ3v) is 3.02. The Morgan fingerprint density at radius 2 is 1.94 bits per heavy atom. The van der Waals surface area contributed by atoms with Gasteiger partial charge in [0.05, 0.1) is 5.69 Å². The van der Waals surface area contributed by atoms with Crippen LogP contribution in [0, 0.1) is 5.92 Å². The van der Waals surface area contributed by atoms with Gasteiger partial charge in [-0.25, -0.2) is 0 Å². The highest BCUT2D eigenvalue weighted by Crippen LogP contribution is 2.12. The molecule has 0 aliphatic carbocycles. The van der Waals surface area contributed by atoms with Gasteiger partial charge in [0, 0.05) is 19.6 Å². The fraction of sp³-hybridized carbons (Fsp3) is 0.714. The standard InChI is InChI=1S/C14H25N3O/c1-6-16(7-2)14(18)13-10-12(9-11(4)5)15-17(13)8-3/h10-11H,6-9H2,1-5H3. The third-order valence-electron chi connectivity index (χ3n) is 3.02. The maximum atomic E-state index is 12.4. The molecule has 0 bridgehead atoms. The molecule has 0 fully saturated rings. The molecule has 102 valence electrons. The van der Waals surface area contributed by atoms with Crippen molar-refractivity contribution in [3.05, 3.63) is 17.5 Å². The smallest absolute Gasteiger partial charge is 0.272 e. The van der Waals surface area contributed by atoms with E-state index in [1.165, 1.54) is 0 Å². The van der Waals surface area contributed by atoms with E-state index in [2.05, 4.69) is 18.9 Å². The van der Waals surface area contributed by atoms with Gasteiger partial charge in [-0.15, -0.1) is 0 Å². The van der Waals surface area contributed by atoms with Gasteiger partial charge in [-0.2, -0.15) is 5.10 Å². The highest BCUT2D eigenvalue weighted by atomic mass is 16.2. The van der Waals surface area contributed by atoms with E-state index in [-0.39, 0.29) is 5.91 Å². The maximum absolute atomic E-state index is 12.4. The quantitative estimate of drug-likeness (QED) is 0.779. The van der Waals surface area contributed by atoms with Crippen molar-refractivity contribution in [3.8, 4) is 0 Å². The average molecular weight is 251 g/mol. The number of aryl methyl sites for hydroxylation is 1. The predicted molar refractivity (Wildman–Crippen MR) is 73.7 cm³/mol. The Kier molecular flexibility index (Phi) is 5.38. The number of nitrogens with zero attached hydrogens (tertiary/aromatic N) is 3. The molecular weight excluding hydrogens is 226 g/mol. The Balaban J connectivity index is 2.99. The first-order valence-electron chi connectivity index (χ1n) is 6.89. The molecule has 1 amide bonds. The molecule has 0 aliphatic heterocycles. The van der Waals surface area contributed by atoms with Crippen molar-refractivity contribution in [1.82, 2.24) is 14.7 Å². The van der Waals surface area contributed by atoms with Gasteiger partial charge in [0.1, 0.15) is 5.69 Å². The van der Waals surface area contributed by atoms with Gasteiger partial charge in [-0.1, -0.05) is 13.8 Å². The van der Waals surface area contributed by atoms with Crippen LogP contribution in [-0.4, -0.2) is 33.7 Å². The Labute approximate surface area is 110 Å². The first-order chi connectivity index (χ1) is 8.53. The summed E-state index contributed by atoms with van der Waals surface area (Å²) in [6.07, 6.45) is 0.922. The lowest BCUT2D eigenvalue weighted by molar-refractivity contribution is 0.0760. The number of rotatable bonds is 6. The van der Waals surface area contributed by atoms with Crippen molar-refractivity contribution in [2.24, 2.45) is 5.92 Å². The van der Waals surface area contributed by atoms with Crippen LogP contribution >= 0.6 is 0 Å². The summed E-state index contributed by atoms with van der Waals surface area (Å²) in [5, 5.41) is 4.51. The number of hydrogen-bond acceptors (Lipinski definition) is 2. The SMILES string of the molecule is CCN(CC)C(=O)c1cc(CC(C)C)nn1CC. The van der Waals surface area contributed by atoms with Gasteiger partial charge in [-0.3, -0.25) is 9.48 Å². The fourth-order valence-electron chi connectivity index (χ4n) is 2.07. The normalized spacial score (nSPS) is 11.0. The topological polar surface area (TPSA) is 38.1 Å². The minimum absolute atomic E-state index is 0.0874. The minimum atomic E-state index is 0.0874. The summed E-state index contributed by atoms with van der Waals surface area (Å²) >= 11 is 0. The zero-order chi connectivity index (χ0) is 13.7. The second-order valence-electron chi connectivity index (χ2n) is 4.91. The summed E-state index contributed by atoms with van der Waals surface area (Å²) < 4.78 is 1.82. The van der Waals surface area contributed by atoms with E-state index in [1.807, 2.05) is 36.4 Å². The van der Waals surface area contributed by atoms with Gasteiger partial charge < -0.3 is 4.90 Å². The Morgan fingerprint density at radius 3 is 2.39 bits per heavy atom. The van der Waals surface area contributed by atoms with E-state index in [1.54, 1.807) is 0 Å². The highest BCUT2D eigenvalue weighted by molar-refractivity contribution is 5.92. The van der Waals surface area contributed by atoms with Crippen molar-refractivity contribution in [2.45, 2.75) is 47.6 Å². The largest absolute Gasteiger partial charge is 0.338 e. The molecule has 0 spiro atoms. The molecule has 1 aromatic rings. The lowest BCUT2D eigenvalue weighted by atomic mass is 10.1. The number of carbonyl (C=O) groups excluding carboxylic acids is 1. The molecule has 1 aromatic heterocycles. The van der Waals surface area contributed by atoms with E-state index >= 15 is 0 Å². The van der Waals surface area contributed by atoms with E-state index < -0.39 is 0 Å². The first kappa shape index (κ1) is 14.7. The van der Waals surface area contributed by atoms with Gasteiger partial charge >= 0.3 is 0 Å². The van der Waals surface area contributed by atoms with E-state index in [0.29, 0.717) is 5.92 Å². The van der Waals surface area contributed by atoms with Gasteiger partial charge in [0.2, 0.25) is 0 Å². The molecule has 0 radical (unpaired) electrons. The zero-order valence-corrected chi connectivity index (χ0v) is 12.2. The van der Waals surface area contributed by atoms with Crippen molar-refractivity contribution in [3.63, 3.8) is 0 Å². The molecule has 4 heteroatoms. The number of carbonyl (C=O) groups is 1. The molecule has 1 rings (SSSR count). The second-order valence-corrected chi connectivity index (χ2v) is 4.91. The number of aromatic nitrogens is 2. The second kappa shape index (κ2) is 6.57. The summed E-state index contributed by atoms with van der Waals surface area (Å²) in [4.78, 5) is 14.2. The Bertz CT molecular complexity index is 392. The average Bonchev–Trinajstić information content (AvgIpc) is 2.72. The highest BCUT2D eigenvalue weighted by Gasteiger charge is 2.19. The number of hydrogen-bond donors (Lipinski definition) is 0. The van der Waals surface area contributed by atoms with Gasteiger partial charge in [0.25, 0.3) is 5.91 Å². The van der Waals surface area contributed by atoms with Crippen LogP contribution in [0.1, 0.15) is 50.8 Å². The van der Waals surface area contributed by atoms with Crippen LogP contribution in [-0.2, 0) is 13.0 Å². The summed E-state index contributed by atoms with van der Waals surface area (Å²) in [6.45, 7) is 12.6. The lowest BCUT2D eigenvalue weighted by Crippen LogP contribution is -2.32. The van der Waals surface area contributed by atoms with Crippen LogP contribution in [0.3, 0.4) is 0 Å². The Morgan fingerprint density at radius 1 is 1.33 bits per heavy atom. The predicted octanol–water partition coefficient (Wildman–Crippen LogP) is 2.58. The maximum Gasteiger partial charge on any atom is 0.272 e. The van der Waals surface area contributed by atoms with E-state index in [0.717, 1.165) is 37.4 Å². The number of amides is 1. The summed E-state index contributed by atoms with van der Waals surface area (Å²) in [5.74, 6) is 0.644. The van der Waals surface area contributed by atoms with Crippen molar-refractivity contribution in [2.75, 3.05) is 13.1 Å². The molecule has 4 nitrogen and oxygen atoms in total. The van der Waals surface area contributed by atoms with Crippen molar-refractivity contribution >= 4 is 5.91 Å². The molecule has 1 heterocycles. The molecule has 0 aromatic carbocycles. The van der Waals surface area contributed by atoms with Gasteiger partial charge in [-0.05, 0) is 39.2 Å². The summed E-state index contributed by atoms with van der Waals surface area (Å²) in [5.41, 5.74) is 1.74. The molecule has 0 saturated heterocycles. The monoisotopic (exact) mass is 251 g/mol. The van der Waals surface area contributed by atoms with E-state index in [4.69, 9.17) is 0 Å². The van der Waals surface area contributed by atoms with Crippen LogP contribution in [0.15, 0.2) is 6.07 Å². The molecule has 0 saturated carbocycles. The molecule has 0 unspecified atom stereocenters. The molecular formula is C14H25N3O. The van der Waals surface area contributed by atoms with Crippen molar-refractivity contribution in [1.29, 1.82) is 0 Å². The lowest BCUT2D eigenvalue weighted by Gasteiger charge is -2.18. The summed E-state index contributed by atoms with van der Waals surface area (Å²) in [7, 11) is 0. The molecule has 0 N–H and O–H groups in total.